The SMILES string of the molecule is Cc1cc(NC(=O)c2ccco2)sc1C(=O)N1CCNCC1c1cccnc1. The predicted octanol–water partition coefficient (Wildman–Crippen LogP) is 3.08. The van der Waals surface area contributed by atoms with Crippen LogP contribution in [-0.4, -0.2) is 41.3 Å². The van der Waals surface area contributed by atoms with Gasteiger partial charge in [0.15, 0.2) is 5.76 Å². The second kappa shape index (κ2) is 7.95. The first-order valence-corrected chi connectivity index (χ1v) is 9.82. The number of pyridine rings is 1. The van der Waals surface area contributed by atoms with Gasteiger partial charge in [-0.1, -0.05) is 6.07 Å². The number of hydrogen-bond acceptors (Lipinski definition) is 6. The van der Waals surface area contributed by atoms with E-state index in [9.17, 15) is 9.59 Å². The maximum absolute atomic E-state index is 13.3. The Bertz CT molecular complexity index is 969. The van der Waals surface area contributed by atoms with Crippen LogP contribution in [0.4, 0.5) is 5.00 Å². The zero-order valence-corrected chi connectivity index (χ0v) is 16.2. The van der Waals surface area contributed by atoms with Gasteiger partial charge in [0, 0.05) is 32.0 Å². The summed E-state index contributed by atoms with van der Waals surface area (Å²) in [6.45, 7) is 3.93. The van der Waals surface area contributed by atoms with E-state index >= 15 is 0 Å². The van der Waals surface area contributed by atoms with Crippen molar-refractivity contribution in [3.05, 3.63) is 70.8 Å². The first kappa shape index (κ1) is 18.4. The number of anilines is 1. The Hall–Kier alpha value is -2.97. The van der Waals surface area contributed by atoms with Gasteiger partial charge in [-0.2, -0.15) is 0 Å². The van der Waals surface area contributed by atoms with Gasteiger partial charge in [0.2, 0.25) is 0 Å². The summed E-state index contributed by atoms with van der Waals surface area (Å²) in [7, 11) is 0. The third-order valence-corrected chi connectivity index (χ3v) is 5.81. The van der Waals surface area contributed by atoms with Crippen LogP contribution in [0.25, 0.3) is 0 Å². The molecule has 2 N–H and O–H groups in total. The fraction of sp³-hybridized carbons (Fsp3) is 0.250. The molecular weight excluding hydrogens is 376 g/mol. The van der Waals surface area contributed by atoms with Gasteiger partial charge in [0.25, 0.3) is 11.8 Å². The molecule has 4 heterocycles. The molecule has 0 aromatic carbocycles. The van der Waals surface area contributed by atoms with Crippen molar-refractivity contribution in [2.45, 2.75) is 13.0 Å². The van der Waals surface area contributed by atoms with Crippen molar-refractivity contribution in [3.63, 3.8) is 0 Å². The van der Waals surface area contributed by atoms with Crippen LogP contribution in [0.1, 0.15) is 37.4 Å². The average molecular weight is 396 g/mol. The van der Waals surface area contributed by atoms with E-state index in [-0.39, 0.29) is 23.6 Å². The lowest BCUT2D eigenvalue weighted by Gasteiger charge is -2.36. The number of piperazine rings is 1. The van der Waals surface area contributed by atoms with Crippen molar-refractivity contribution in [2.24, 2.45) is 0 Å². The van der Waals surface area contributed by atoms with Crippen LogP contribution in [0.3, 0.4) is 0 Å². The van der Waals surface area contributed by atoms with Crippen molar-refractivity contribution < 1.29 is 14.0 Å². The molecule has 0 aliphatic carbocycles. The molecule has 1 aliphatic heterocycles. The standard InChI is InChI=1S/C20H20N4O3S/c1-13-10-17(23-19(25)16-5-3-9-27-16)28-18(13)20(26)24-8-7-22-12-15(24)14-4-2-6-21-11-14/h2-6,9-11,15,22H,7-8,12H2,1H3,(H,23,25). The highest BCUT2D eigenvalue weighted by Crippen LogP contribution is 2.31. The Kier molecular flexibility index (Phi) is 5.23. The molecule has 3 aromatic rings. The Balaban J connectivity index is 1.55. The van der Waals surface area contributed by atoms with Crippen molar-refractivity contribution in [1.82, 2.24) is 15.2 Å². The lowest BCUT2D eigenvalue weighted by molar-refractivity contribution is 0.0638. The number of carbonyl (C=O) groups excluding carboxylic acids is 2. The Morgan fingerprint density at radius 2 is 2.25 bits per heavy atom. The third kappa shape index (κ3) is 3.69. The van der Waals surface area contributed by atoms with Gasteiger partial charge in [-0.25, -0.2) is 0 Å². The number of aryl methyl sites for hydroxylation is 1. The maximum Gasteiger partial charge on any atom is 0.291 e. The molecule has 1 unspecified atom stereocenters. The molecule has 8 heteroatoms. The topological polar surface area (TPSA) is 87.5 Å². The average Bonchev–Trinajstić information content (AvgIpc) is 3.38. The van der Waals surface area contributed by atoms with Crippen molar-refractivity contribution in [1.29, 1.82) is 0 Å². The van der Waals surface area contributed by atoms with E-state index in [1.807, 2.05) is 30.0 Å². The summed E-state index contributed by atoms with van der Waals surface area (Å²) in [5.41, 5.74) is 1.84. The summed E-state index contributed by atoms with van der Waals surface area (Å²) in [6, 6.07) is 8.87. The highest BCUT2D eigenvalue weighted by molar-refractivity contribution is 7.18. The Morgan fingerprint density at radius 1 is 1.36 bits per heavy atom. The lowest BCUT2D eigenvalue weighted by atomic mass is 10.0. The second-order valence-electron chi connectivity index (χ2n) is 6.56. The summed E-state index contributed by atoms with van der Waals surface area (Å²) in [5.74, 6) is -0.130. The maximum atomic E-state index is 13.3. The van der Waals surface area contributed by atoms with E-state index in [1.165, 1.54) is 17.6 Å². The van der Waals surface area contributed by atoms with Gasteiger partial charge in [0.05, 0.1) is 22.2 Å². The number of thiophene rings is 1. The summed E-state index contributed by atoms with van der Waals surface area (Å²) in [6.07, 6.45) is 4.98. The number of hydrogen-bond donors (Lipinski definition) is 2. The molecule has 1 atom stereocenters. The first-order valence-electron chi connectivity index (χ1n) is 9.00. The van der Waals surface area contributed by atoms with Crippen LogP contribution in [0.15, 0.2) is 53.4 Å². The normalized spacial score (nSPS) is 16.8. The fourth-order valence-corrected chi connectivity index (χ4v) is 4.31. The molecule has 0 radical (unpaired) electrons. The highest BCUT2D eigenvalue weighted by Gasteiger charge is 2.30. The van der Waals surface area contributed by atoms with E-state index in [0.29, 0.717) is 23.0 Å². The fourth-order valence-electron chi connectivity index (χ4n) is 3.29. The quantitative estimate of drug-likeness (QED) is 0.708. The van der Waals surface area contributed by atoms with E-state index in [4.69, 9.17) is 4.42 Å². The minimum Gasteiger partial charge on any atom is -0.459 e. The summed E-state index contributed by atoms with van der Waals surface area (Å²) in [5, 5.41) is 6.77. The number of nitrogens with one attached hydrogen (secondary N) is 2. The number of amides is 2. The largest absolute Gasteiger partial charge is 0.459 e. The van der Waals surface area contributed by atoms with Crippen molar-refractivity contribution in [3.8, 4) is 0 Å². The Labute approximate surface area is 166 Å². The van der Waals surface area contributed by atoms with E-state index in [0.717, 1.165) is 17.7 Å². The summed E-state index contributed by atoms with van der Waals surface area (Å²) in [4.78, 5) is 32.2. The van der Waals surface area contributed by atoms with Crippen LogP contribution in [-0.2, 0) is 0 Å². The molecule has 2 amide bonds. The molecule has 1 aliphatic rings. The van der Waals surface area contributed by atoms with Crippen LogP contribution < -0.4 is 10.6 Å². The van der Waals surface area contributed by atoms with Crippen molar-refractivity contribution >= 4 is 28.2 Å². The monoisotopic (exact) mass is 396 g/mol. The molecule has 0 bridgehead atoms. The van der Waals surface area contributed by atoms with Crippen LogP contribution in [0.5, 0.6) is 0 Å². The smallest absolute Gasteiger partial charge is 0.291 e. The van der Waals surface area contributed by atoms with E-state index in [2.05, 4.69) is 15.6 Å². The lowest BCUT2D eigenvalue weighted by Crippen LogP contribution is -2.48. The summed E-state index contributed by atoms with van der Waals surface area (Å²) >= 11 is 1.28. The third-order valence-electron chi connectivity index (χ3n) is 4.67. The van der Waals surface area contributed by atoms with Gasteiger partial charge < -0.3 is 20.0 Å². The number of carbonyl (C=O) groups is 2. The van der Waals surface area contributed by atoms with Crippen molar-refractivity contribution in [2.75, 3.05) is 25.0 Å². The van der Waals surface area contributed by atoms with Crippen LogP contribution in [0.2, 0.25) is 0 Å². The number of nitrogens with zero attached hydrogens (tertiary/aromatic N) is 2. The van der Waals surface area contributed by atoms with Gasteiger partial charge in [0.1, 0.15) is 0 Å². The van der Waals surface area contributed by atoms with Gasteiger partial charge in [-0.05, 0) is 42.3 Å². The minimum atomic E-state index is -0.333. The molecule has 0 spiro atoms. The molecule has 28 heavy (non-hydrogen) atoms. The van der Waals surface area contributed by atoms with E-state index < -0.39 is 0 Å². The Morgan fingerprint density at radius 3 is 3.00 bits per heavy atom. The van der Waals surface area contributed by atoms with Crippen LogP contribution >= 0.6 is 11.3 Å². The minimum absolute atomic E-state index is 0.0312. The number of rotatable bonds is 4. The number of aromatic nitrogens is 1. The molecule has 1 fully saturated rings. The van der Waals surface area contributed by atoms with Gasteiger partial charge in [-0.15, -0.1) is 11.3 Å². The zero-order chi connectivity index (χ0) is 19.5. The zero-order valence-electron chi connectivity index (χ0n) is 15.3. The van der Waals surface area contributed by atoms with Gasteiger partial charge in [-0.3, -0.25) is 14.6 Å². The molecule has 4 rings (SSSR count). The van der Waals surface area contributed by atoms with Crippen LogP contribution in [0, 0.1) is 6.92 Å². The molecule has 144 valence electrons. The highest BCUT2D eigenvalue weighted by atomic mass is 32.1. The van der Waals surface area contributed by atoms with E-state index in [1.54, 1.807) is 24.5 Å². The molecular formula is C20H20N4O3S. The first-order chi connectivity index (χ1) is 13.6. The molecule has 7 nitrogen and oxygen atoms in total. The molecule has 0 saturated carbocycles. The second-order valence-corrected chi connectivity index (χ2v) is 7.61. The summed E-state index contributed by atoms with van der Waals surface area (Å²) < 4.78 is 5.11. The number of furan rings is 1. The predicted molar refractivity (Wildman–Crippen MR) is 107 cm³/mol. The molecule has 1 saturated heterocycles. The van der Waals surface area contributed by atoms with Gasteiger partial charge >= 0.3 is 0 Å². The molecule has 3 aromatic heterocycles.